The number of carbonyl (C=O) groups is 2. The van der Waals surface area contributed by atoms with E-state index in [1.807, 2.05) is 13.8 Å². The molecule has 1 aromatic carbocycles. The lowest BCUT2D eigenvalue weighted by atomic mass is 10.1. The smallest absolute Gasteiger partial charge is 0.258 e. The Morgan fingerprint density at radius 2 is 1.91 bits per heavy atom. The van der Waals surface area contributed by atoms with Gasteiger partial charge >= 0.3 is 0 Å². The number of rotatable bonds is 1. The molecule has 1 aliphatic rings. The Morgan fingerprint density at radius 3 is 2.59 bits per heavy atom. The van der Waals surface area contributed by atoms with Gasteiger partial charge in [-0.1, -0.05) is 0 Å². The minimum absolute atomic E-state index is 0.0720. The van der Waals surface area contributed by atoms with Crippen molar-refractivity contribution in [1.82, 2.24) is 0 Å². The first-order valence-corrected chi connectivity index (χ1v) is 8.11. The molecule has 0 saturated heterocycles. The molecule has 0 bridgehead atoms. The zero-order valence-corrected chi connectivity index (χ0v) is 13.5. The van der Waals surface area contributed by atoms with E-state index in [9.17, 15) is 9.59 Å². The highest BCUT2D eigenvalue weighted by Crippen LogP contribution is 2.39. The third-order valence-electron chi connectivity index (χ3n) is 4.08. The van der Waals surface area contributed by atoms with Crippen molar-refractivity contribution in [3.8, 4) is 0 Å². The Morgan fingerprint density at radius 1 is 1.23 bits per heavy atom. The van der Waals surface area contributed by atoms with E-state index in [1.54, 1.807) is 29.2 Å². The molecule has 4 nitrogen and oxygen atoms in total. The van der Waals surface area contributed by atoms with Gasteiger partial charge < -0.3 is 5.73 Å². The number of nitrogens with zero attached hydrogens (tertiary/aromatic N) is 1. The van der Waals surface area contributed by atoms with E-state index in [4.69, 9.17) is 5.73 Å². The van der Waals surface area contributed by atoms with Crippen LogP contribution in [0, 0.1) is 13.8 Å². The molecule has 0 saturated carbocycles. The van der Waals surface area contributed by atoms with Crippen LogP contribution >= 0.6 is 11.3 Å². The predicted octanol–water partition coefficient (Wildman–Crippen LogP) is 3.57. The van der Waals surface area contributed by atoms with Gasteiger partial charge in [0.25, 0.3) is 5.91 Å². The maximum atomic E-state index is 12.8. The fourth-order valence-corrected chi connectivity index (χ4v) is 3.93. The zero-order chi connectivity index (χ0) is 15.9. The molecule has 0 radical (unpaired) electrons. The summed E-state index contributed by atoms with van der Waals surface area (Å²) in [7, 11) is 0. The monoisotopic (exact) mass is 314 g/mol. The molecule has 0 atom stereocenters. The van der Waals surface area contributed by atoms with Crippen LogP contribution in [0.4, 0.5) is 10.7 Å². The fraction of sp³-hybridized carbons (Fsp3) is 0.294. The molecule has 3 rings (SSSR count). The van der Waals surface area contributed by atoms with Crippen molar-refractivity contribution >= 4 is 33.7 Å². The number of carbonyl (C=O) groups excluding carboxylic acids is 2. The number of thiophene rings is 1. The second-order valence-corrected chi connectivity index (χ2v) is 6.77. The lowest BCUT2D eigenvalue weighted by Crippen LogP contribution is -2.31. The number of nitrogen functional groups attached to an aromatic ring is 1. The molecule has 1 aliphatic heterocycles. The van der Waals surface area contributed by atoms with E-state index < -0.39 is 0 Å². The summed E-state index contributed by atoms with van der Waals surface area (Å²) in [6.45, 7) is 4.52. The minimum Gasteiger partial charge on any atom is -0.399 e. The number of fused-ring (bicyclic) bond motifs is 1. The maximum absolute atomic E-state index is 12.8. The van der Waals surface area contributed by atoms with Gasteiger partial charge in [-0.2, -0.15) is 0 Å². The Balaban J connectivity index is 2.05. The molecular weight excluding hydrogens is 296 g/mol. The van der Waals surface area contributed by atoms with Gasteiger partial charge in [0.15, 0.2) is 5.78 Å². The Kier molecular flexibility index (Phi) is 3.74. The fourth-order valence-electron chi connectivity index (χ4n) is 2.73. The summed E-state index contributed by atoms with van der Waals surface area (Å²) in [5.74, 6) is 0.0710. The van der Waals surface area contributed by atoms with Crippen molar-refractivity contribution in [2.45, 2.75) is 26.7 Å². The molecule has 114 valence electrons. The van der Waals surface area contributed by atoms with Crippen LogP contribution in [0.2, 0.25) is 0 Å². The van der Waals surface area contributed by atoms with Crippen molar-refractivity contribution in [2.24, 2.45) is 0 Å². The molecule has 0 unspecified atom stereocenters. The second kappa shape index (κ2) is 5.57. The molecule has 1 aromatic heterocycles. The van der Waals surface area contributed by atoms with Crippen LogP contribution in [-0.4, -0.2) is 18.2 Å². The summed E-state index contributed by atoms with van der Waals surface area (Å²) >= 11 is 1.53. The van der Waals surface area contributed by atoms with Crippen LogP contribution < -0.4 is 10.6 Å². The van der Waals surface area contributed by atoms with Crippen molar-refractivity contribution < 1.29 is 9.59 Å². The molecular formula is C17H18N2O2S. The average Bonchev–Trinajstić information content (AvgIpc) is 2.69. The van der Waals surface area contributed by atoms with Crippen LogP contribution in [0.5, 0.6) is 0 Å². The minimum atomic E-state index is -0.0720. The van der Waals surface area contributed by atoms with Crippen LogP contribution in [-0.2, 0) is 0 Å². The van der Waals surface area contributed by atoms with E-state index >= 15 is 0 Å². The first kappa shape index (κ1) is 14.8. The van der Waals surface area contributed by atoms with Crippen molar-refractivity contribution in [2.75, 3.05) is 17.2 Å². The molecule has 1 amide bonds. The average molecular weight is 314 g/mol. The molecule has 2 aromatic rings. The molecule has 5 heteroatoms. The lowest BCUT2D eigenvalue weighted by Gasteiger charge is -2.20. The molecule has 0 spiro atoms. The van der Waals surface area contributed by atoms with Gasteiger partial charge in [0.05, 0.1) is 5.56 Å². The summed E-state index contributed by atoms with van der Waals surface area (Å²) in [6.07, 6.45) is 1.19. The Hall–Kier alpha value is -2.14. The number of hydrogen-bond acceptors (Lipinski definition) is 4. The summed E-state index contributed by atoms with van der Waals surface area (Å²) in [5, 5.41) is 0.791. The largest absolute Gasteiger partial charge is 0.399 e. The quantitative estimate of drug-likeness (QED) is 0.818. The van der Waals surface area contributed by atoms with E-state index in [0.29, 0.717) is 30.6 Å². The number of nitrogens with two attached hydrogens (primary N) is 1. The summed E-state index contributed by atoms with van der Waals surface area (Å²) in [6, 6.07) is 6.92. The van der Waals surface area contributed by atoms with Crippen molar-refractivity contribution in [3.63, 3.8) is 0 Å². The third kappa shape index (κ3) is 2.41. The highest BCUT2D eigenvalue weighted by atomic mass is 32.1. The SMILES string of the molecule is Cc1sc2c(c1C)C(=O)CCCN2C(=O)c1ccc(N)cc1. The predicted molar refractivity (Wildman–Crippen MR) is 89.9 cm³/mol. The van der Waals surface area contributed by atoms with Gasteiger partial charge in [-0.05, 0) is 50.1 Å². The molecule has 0 aliphatic carbocycles. The second-order valence-electron chi connectivity index (χ2n) is 5.57. The van der Waals surface area contributed by atoms with Gasteiger partial charge in [-0.15, -0.1) is 11.3 Å². The zero-order valence-electron chi connectivity index (χ0n) is 12.7. The number of benzene rings is 1. The Labute approximate surface area is 133 Å². The third-order valence-corrected chi connectivity index (χ3v) is 5.31. The number of Topliss-reactive ketones (excluding diaryl/α,β-unsaturated/α-hetero) is 1. The number of ketones is 1. The van der Waals surface area contributed by atoms with Crippen LogP contribution in [0.25, 0.3) is 0 Å². The highest BCUT2D eigenvalue weighted by molar-refractivity contribution is 7.17. The summed E-state index contributed by atoms with van der Waals surface area (Å²) < 4.78 is 0. The van der Waals surface area contributed by atoms with Crippen molar-refractivity contribution in [1.29, 1.82) is 0 Å². The topological polar surface area (TPSA) is 63.4 Å². The summed E-state index contributed by atoms with van der Waals surface area (Å²) in [4.78, 5) is 28.0. The van der Waals surface area contributed by atoms with Crippen molar-refractivity contribution in [3.05, 3.63) is 45.8 Å². The van der Waals surface area contributed by atoms with Gasteiger partial charge in [0, 0.05) is 29.1 Å². The number of anilines is 2. The molecule has 2 N–H and O–H groups in total. The van der Waals surface area contributed by atoms with E-state index in [0.717, 1.165) is 21.0 Å². The standard InChI is InChI=1S/C17H18N2O2S/c1-10-11(2)22-17-15(10)14(20)4-3-9-19(17)16(21)12-5-7-13(18)8-6-12/h5-8H,3-4,9,18H2,1-2H3. The highest BCUT2D eigenvalue weighted by Gasteiger charge is 2.30. The van der Waals surface area contributed by atoms with Gasteiger partial charge in [0.2, 0.25) is 0 Å². The van der Waals surface area contributed by atoms with E-state index in [2.05, 4.69) is 0 Å². The molecule has 0 fully saturated rings. The molecule has 2 heterocycles. The lowest BCUT2D eigenvalue weighted by molar-refractivity contribution is 0.0973. The number of amides is 1. The van der Waals surface area contributed by atoms with E-state index in [1.165, 1.54) is 11.3 Å². The number of hydrogen-bond donors (Lipinski definition) is 1. The maximum Gasteiger partial charge on any atom is 0.258 e. The van der Waals surface area contributed by atoms with Crippen LogP contribution in [0.15, 0.2) is 24.3 Å². The van der Waals surface area contributed by atoms with E-state index in [-0.39, 0.29) is 11.7 Å². The van der Waals surface area contributed by atoms with Crippen LogP contribution in [0.3, 0.4) is 0 Å². The number of aryl methyl sites for hydroxylation is 1. The first-order chi connectivity index (χ1) is 10.5. The van der Waals surface area contributed by atoms with Gasteiger partial charge in [0.1, 0.15) is 5.00 Å². The Bertz CT molecular complexity index is 747. The molecule has 22 heavy (non-hydrogen) atoms. The normalized spacial score (nSPS) is 14.6. The summed E-state index contributed by atoms with van der Waals surface area (Å²) in [5.41, 5.74) is 8.63. The van der Waals surface area contributed by atoms with Crippen LogP contribution in [0.1, 0.15) is 44.0 Å². The van der Waals surface area contributed by atoms with Gasteiger partial charge in [-0.3, -0.25) is 14.5 Å². The van der Waals surface area contributed by atoms with Gasteiger partial charge in [-0.25, -0.2) is 0 Å². The first-order valence-electron chi connectivity index (χ1n) is 7.29.